The molecule has 0 unspecified atom stereocenters. The van der Waals surface area contributed by atoms with Gasteiger partial charge in [-0.05, 0) is 0 Å². The number of hydrogen-bond acceptors (Lipinski definition) is 4. The van der Waals surface area contributed by atoms with Gasteiger partial charge in [-0.25, -0.2) is 15.0 Å². The fourth-order valence-electron chi connectivity index (χ4n) is 0. The second-order valence-electron chi connectivity index (χ2n) is 0.440. The third kappa shape index (κ3) is 31.1. The van der Waals surface area contributed by atoms with Gasteiger partial charge in [-0.1, -0.05) is 0 Å². The minimum Gasteiger partial charge on any atom is -0.465 e. The van der Waals surface area contributed by atoms with Crippen LogP contribution in [0.4, 0.5) is 4.79 Å². The van der Waals surface area contributed by atoms with Crippen LogP contribution >= 0.6 is 0 Å². The van der Waals surface area contributed by atoms with Crippen LogP contribution in [0.3, 0.4) is 0 Å². The highest BCUT2D eigenvalue weighted by Gasteiger charge is 1.65. The molecule has 0 saturated carbocycles. The van der Waals surface area contributed by atoms with E-state index in [-0.39, 0.29) is 6.15 Å². The number of carbonyl (C=O) groups is 1. The molecule has 0 rings (SSSR count). The molecule has 0 aliphatic heterocycles. The van der Waals surface area contributed by atoms with E-state index >= 15 is 0 Å². The lowest BCUT2D eigenvalue weighted by atomic mass is 11.3. The summed E-state index contributed by atoms with van der Waals surface area (Å²) < 4.78 is 0. The lowest BCUT2D eigenvalue weighted by Gasteiger charge is -1.61. The van der Waals surface area contributed by atoms with Gasteiger partial charge in [0.15, 0.2) is 0 Å². The summed E-state index contributed by atoms with van der Waals surface area (Å²) in [5.41, 5.74) is 4.03. The van der Waals surface area contributed by atoms with Crippen molar-refractivity contribution < 1.29 is 14.7 Å². The zero-order chi connectivity index (χ0) is 6.28. The molecule has 0 aliphatic rings. The van der Waals surface area contributed by atoms with E-state index in [1.807, 2.05) is 0 Å². The van der Waals surface area contributed by atoms with E-state index in [2.05, 4.69) is 5.73 Å². The molecule has 8 heavy (non-hydrogen) atoms. The normalized spacial score (nSPS) is 4.00. The maximum Gasteiger partial charge on any atom is 0.402 e. The van der Waals surface area contributed by atoms with Gasteiger partial charge in [-0.15, -0.1) is 0 Å². The predicted molar refractivity (Wildman–Crippen MR) is 25.6 cm³/mol. The molecule has 7 N–H and O–H groups in total. The fraction of sp³-hybridized carbons (Fsp3) is 0. The van der Waals surface area contributed by atoms with Gasteiger partial charge in [0.25, 0.3) is 0 Å². The second-order valence-corrected chi connectivity index (χ2v) is 0.440. The molecule has 0 saturated heterocycles. The van der Waals surface area contributed by atoms with Gasteiger partial charge < -0.3 is 17.0 Å². The molecule has 48 valence electrons. The molecule has 6 nitrogen and oxygen atoms in total. The van der Waals surface area contributed by atoms with E-state index in [1.54, 1.807) is 0 Å². The van der Waals surface area contributed by atoms with Crippen molar-refractivity contribution in [3.05, 3.63) is 0 Å². The average Bonchev–Trinajstić information content (AvgIpc) is 1.33. The molecule has 0 aromatic heterocycles. The Bertz CT molecular complexity index is 80.5. The number of nitrogens with one attached hydrogen (secondary N) is 1. The van der Waals surface area contributed by atoms with Gasteiger partial charge in [0.05, 0.1) is 0 Å². The summed E-state index contributed by atoms with van der Waals surface area (Å²) in [6, 6.07) is 0. The van der Waals surface area contributed by atoms with E-state index in [4.69, 9.17) is 20.1 Å². The molecule has 0 bridgehead atoms. The molecular formula is C2H7N3O3. The van der Waals surface area contributed by atoms with Crippen molar-refractivity contribution in [2.75, 3.05) is 0 Å². The third-order valence-electron chi connectivity index (χ3n) is 0. The highest BCUT2D eigenvalue weighted by atomic mass is 16.4. The number of hydrogen-bond donors (Lipinski definition) is 4. The Labute approximate surface area is 45.4 Å². The van der Waals surface area contributed by atoms with Crippen LogP contribution in [0.1, 0.15) is 0 Å². The lowest BCUT2D eigenvalue weighted by Crippen LogP contribution is -2.03. The van der Waals surface area contributed by atoms with Crippen molar-refractivity contribution in [1.82, 2.24) is 6.15 Å². The molecule has 0 spiro atoms. The quantitative estimate of drug-likeness (QED) is 0.257. The van der Waals surface area contributed by atoms with Gasteiger partial charge >= 0.3 is 6.09 Å². The van der Waals surface area contributed by atoms with Gasteiger partial charge in [0.1, 0.15) is 0 Å². The molecular weight excluding hydrogens is 114 g/mol. The Balaban J connectivity index is -0.0000000575. The van der Waals surface area contributed by atoms with Crippen molar-refractivity contribution in [1.29, 1.82) is 5.41 Å². The molecule has 0 aliphatic carbocycles. The maximum atomic E-state index is 8.78. The van der Waals surface area contributed by atoms with Crippen molar-refractivity contribution in [3.8, 4) is 0 Å². The van der Waals surface area contributed by atoms with Crippen LogP contribution in [-0.2, 0) is 4.79 Å². The molecule has 0 aromatic carbocycles. The van der Waals surface area contributed by atoms with Crippen molar-refractivity contribution in [2.24, 2.45) is 5.73 Å². The zero-order valence-electron chi connectivity index (χ0n) is 4.05. The standard InChI is InChI=1S/CH3NO2.CHNO.H3N/c2-1(3)4;2-1-3;/h2H2,(H,3,4);2H;1H3. The van der Waals surface area contributed by atoms with Crippen LogP contribution in [0.15, 0.2) is 0 Å². The van der Waals surface area contributed by atoms with Gasteiger partial charge in [-0.3, -0.25) is 0 Å². The van der Waals surface area contributed by atoms with Crippen molar-refractivity contribution in [2.45, 2.75) is 0 Å². The van der Waals surface area contributed by atoms with Crippen LogP contribution < -0.4 is 11.9 Å². The summed E-state index contributed by atoms with van der Waals surface area (Å²) in [4.78, 5) is 17.1. The van der Waals surface area contributed by atoms with Crippen LogP contribution in [0.25, 0.3) is 0 Å². The van der Waals surface area contributed by atoms with Gasteiger partial charge in [0.2, 0.25) is 6.08 Å². The van der Waals surface area contributed by atoms with Crippen molar-refractivity contribution in [3.63, 3.8) is 0 Å². The summed E-state index contributed by atoms with van der Waals surface area (Å²) in [7, 11) is 0. The Morgan fingerprint density at radius 1 is 1.75 bits per heavy atom. The van der Waals surface area contributed by atoms with E-state index in [9.17, 15) is 0 Å². The molecule has 0 aromatic rings. The number of primary amides is 1. The third-order valence-corrected chi connectivity index (χ3v) is 0. The summed E-state index contributed by atoms with van der Waals surface area (Å²) in [6.45, 7) is 0. The first-order valence-electron chi connectivity index (χ1n) is 1.17. The molecule has 1 amide bonds. The van der Waals surface area contributed by atoms with E-state index in [0.717, 1.165) is 6.08 Å². The Hall–Kier alpha value is -1.39. The van der Waals surface area contributed by atoms with E-state index in [0.29, 0.717) is 0 Å². The number of amides is 1. The summed E-state index contributed by atoms with van der Waals surface area (Å²) in [6.07, 6.45) is -0.583. The van der Waals surface area contributed by atoms with Crippen LogP contribution in [0, 0.1) is 5.41 Å². The fourth-order valence-corrected chi connectivity index (χ4v) is 0. The predicted octanol–water partition coefficient (Wildman–Crippen LogP) is -0.314. The number of nitrogens with two attached hydrogens (primary N) is 1. The van der Waals surface area contributed by atoms with Gasteiger partial charge in [0, 0.05) is 0 Å². The summed E-state index contributed by atoms with van der Waals surface area (Å²) in [5.74, 6) is 0. The van der Waals surface area contributed by atoms with Crippen LogP contribution in [-0.4, -0.2) is 17.3 Å². The van der Waals surface area contributed by atoms with Crippen LogP contribution in [0.2, 0.25) is 0 Å². The van der Waals surface area contributed by atoms with E-state index < -0.39 is 6.09 Å². The summed E-state index contributed by atoms with van der Waals surface area (Å²) >= 11 is 0. The van der Waals surface area contributed by atoms with Crippen LogP contribution in [0.5, 0.6) is 0 Å². The Kier molecular flexibility index (Phi) is 34.9. The highest BCUT2D eigenvalue weighted by Crippen LogP contribution is 1.34. The first-order chi connectivity index (χ1) is 3.15. The molecule has 0 heterocycles. The number of carbonyl (C=O) groups excluding carboxylic acids is 1. The highest BCUT2D eigenvalue weighted by molar-refractivity contribution is 5.61. The average molecular weight is 121 g/mol. The summed E-state index contributed by atoms with van der Waals surface area (Å²) in [5, 5.41) is 12.6. The second kappa shape index (κ2) is 17.5. The number of carboxylic acid groups (broad SMARTS) is 1. The smallest absolute Gasteiger partial charge is 0.402 e. The number of isocyanates is 1. The van der Waals surface area contributed by atoms with E-state index in [1.165, 1.54) is 0 Å². The number of rotatable bonds is 0. The minimum atomic E-state index is -1.33. The topological polar surface area (TPSA) is 139 Å². The first kappa shape index (κ1) is 16.0. The largest absolute Gasteiger partial charge is 0.465 e. The zero-order valence-corrected chi connectivity index (χ0v) is 4.05. The SMILES string of the molecule is N.N=C=O.NC(=O)O. The van der Waals surface area contributed by atoms with Gasteiger partial charge in [-0.2, -0.15) is 0 Å². The Morgan fingerprint density at radius 2 is 1.75 bits per heavy atom. The molecule has 0 fully saturated rings. The van der Waals surface area contributed by atoms with Crippen molar-refractivity contribution >= 4 is 12.2 Å². The monoisotopic (exact) mass is 121 g/mol. The minimum absolute atomic E-state index is 0. The Morgan fingerprint density at radius 3 is 1.75 bits per heavy atom. The lowest BCUT2D eigenvalue weighted by molar-refractivity contribution is 0.205. The maximum absolute atomic E-state index is 8.78. The molecule has 0 radical (unpaired) electrons. The molecule has 6 heteroatoms. The first-order valence-corrected chi connectivity index (χ1v) is 1.17. The molecule has 0 atom stereocenters.